The normalized spacial score (nSPS) is 11.0. The van der Waals surface area contributed by atoms with Gasteiger partial charge in [0.15, 0.2) is 5.13 Å². The zero-order chi connectivity index (χ0) is 22.1. The number of pyridine rings is 1. The minimum absolute atomic E-state index is 0.0588. The molecule has 0 aliphatic carbocycles. The summed E-state index contributed by atoms with van der Waals surface area (Å²) in [5, 5.41) is 0.807. The van der Waals surface area contributed by atoms with Crippen LogP contribution in [0.2, 0.25) is 0 Å². The Kier molecular flexibility index (Phi) is 5.12. The van der Waals surface area contributed by atoms with E-state index >= 15 is 0 Å². The van der Waals surface area contributed by atoms with Gasteiger partial charge in [0, 0.05) is 6.20 Å². The van der Waals surface area contributed by atoms with Gasteiger partial charge in [0.2, 0.25) is 5.43 Å². The van der Waals surface area contributed by atoms with Gasteiger partial charge in [-0.2, -0.15) is 0 Å². The Morgan fingerprint density at radius 1 is 1.12 bits per heavy atom. The van der Waals surface area contributed by atoms with Gasteiger partial charge in [-0.1, -0.05) is 29.5 Å². The molecule has 0 saturated heterocycles. The number of thiazole rings is 1. The van der Waals surface area contributed by atoms with E-state index < -0.39 is 5.91 Å². The molecule has 0 unspecified atom stereocenters. The van der Waals surface area contributed by atoms with E-state index in [0.717, 1.165) is 10.2 Å². The molecule has 158 valence electrons. The van der Waals surface area contributed by atoms with Crippen molar-refractivity contribution >= 4 is 43.6 Å². The molecule has 3 aromatic heterocycles. The van der Waals surface area contributed by atoms with Crippen molar-refractivity contribution in [2.75, 3.05) is 12.0 Å². The zero-order valence-corrected chi connectivity index (χ0v) is 17.8. The summed E-state index contributed by atoms with van der Waals surface area (Å²) in [5.74, 6) is 0.201. The smallest absolute Gasteiger partial charge is 0.267 e. The maximum absolute atomic E-state index is 13.6. The van der Waals surface area contributed by atoms with Gasteiger partial charge in [0.1, 0.15) is 23.2 Å². The summed E-state index contributed by atoms with van der Waals surface area (Å²) in [7, 11) is 1.60. The lowest BCUT2D eigenvalue weighted by Crippen LogP contribution is -2.34. The van der Waals surface area contributed by atoms with Gasteiger partial charge in [-0.05, 0) is 42.5 Å². The Balaban J connectivity index is 1.62. The third-order valence-electron chi connectivity index (χ3n) is 5.02. The summed E-state index contributed by atoms with van der Waals surface area (Å²) >= 11 is 1.34. The van der Waals surface area contributed by atoms with Crippen LogP contribution >= 0.6 is 11.3 Å². The van der Waals surface area contributed by atoms with Crippen molar-refractivity contribution in [1.82, 2.24) is 9.97 Å². The highest BCUT2D eigenvalue weighted by atomic mass is 32.1. The zero-order valence-electron chi connectivity index (χ0n) is 17.0. The molecule has 0 saturated carbocycles. The van der Waals surface area contributed by atoms with Gasteiger partial charge in [-0.15, -0.1) is 0 Å². The maximum atomic E-state index is 13.6. The molecule has 8 heteroatoms. The van der Waals surface area contributed by atoms with Gasteiger partial charge >= 0.3 is 0 Å². The molecule has 5 rings (SSSR count). The van der Waals surface area contributed by atoms with Crippen LogP contribution in [0.5, 0.6) is 5.75 Å². The lowest BCUT2D eigenvalue weighted by Gasteiger charge is -2.19. The quantitative estimate of drug-likeness (QED) is 0.393. The number of ether oxygens (including phenoxy) is 1. The van der Waals surface area contributed by atoms with Crippen LogP contribution < -0.4 is 15.1 Å². The van der Waals surface area contributed by atoms with Gasteiger partial charge in [0.25, 0.3) is 5.91 Å². The number of aromatic nitrogens is 2. The summed E-state index contributed by atoms with van der Waals surface area (Å²) in [4.78, 5) is 37.1. The molecule has 0 radical (unpaired) electrons. The van der Waals surface area contributed by atoms with Crippen LogP contribution in [0.25, 0.3) is 21.2 Å². The van der Waals surface area contributed by atoms with E-state index in [-0.39, 0.29) is 17.5 Å². The van der Waals surface area contributed by atoms with Crippen LogP contribution in [0.3, 0.4) is 0 Å². The van der Waals surface area contributed by atoms with E-state index in [1.165, 1.54) is 22.5 Å². The first-order chi connectivity index (χ1) is 15.6. The number of hydrogen-bond acceptors (Lipinski definition) is 7. The first kappa shape index (κ1) is 19.9. The molecule has 0 spiro atoms. The fourth-order valence-electron chi connectivity index (χ4n) is 3.39. The van der Waals surface area contributed by atoms with Gasteiger partial charge < -0.3 is 9.15 Å². The van der Waals surface area contributed by atoms with Crippen LogP contribution in [0.15, 0.2) is 82.3 Å². The average molecular weight is 443 g/mol. The summed E-state index contributed by atoms with van der Waals surface area (Å²) in [6.07, 6.45) is 2.88. The second kappa shape index (κ2) is 8.24. The van der Waals surface area contributed by atoms with E-state index in [9.17, 15) is 9.59 Å². The van der Waals surface area contributed by atoms with Crippen molar-refractivity contribution in [3.8, 4) is 5.75 Å². The molecule has 1 amide bonds. The number of para-hydroxylation sites is 1. The van der Waals surface area contributed by atoms with Crippen molar-refractivity contribution in [3.05, 3.63) is 94.6 Å². The molecular weight excluding hydrogens is 426 g/mol. The monoisotopic (exact) mass is 443 g/mol. The van der Waals surface area contributed by atoms with Crippen molar-refractivity contribution < 1.29 is 13.9 Å². The molecule has 7 nitrogen and oxygen atoms in total. The summed E-state index contributed by atoms with van der Waals surface area (Å²) in [6.45, 7) is 0.156. The predicted molar refractivity (Wildman–Crippen MR) is 123 cm³/mol. The van der Waals surface area contributed by atoms with E-state index in [2.05, 4.69) is 9.97 Å². The Morgan fingerprint density at radius 2 is 1.97 bits per heavy atom. The molecule has 32 heavy (non-hydrogen) atoms. The number of carbonyl (C=O) groups is 1. The average Bonchev–Trinajstić information content (AvgIpc) is 3.26. The Bertz CT molecular complexity index is 1490. The number of methoxy groups -OCH3 is 1. The standard InChI is InChI=1S/C24H17N3O4S/c1-30-16-9-10-19-21(12-16)32-24(26-19)27(13-15-6-4-5-11-25-15)23(29)18-14-31-20-8-3-2-7-17(20)22(18)28/h2-12,14H,13H2,1H3. The highest BCUT2D eigenvalue weighted by molar-refractivity contribution is 7.22. The second-order valence-corrected chi connectivity index (χ2v) is 8.03. The number of anilines is 1. The molecule has 0 atom stereocenters. The van der Waals surface area contributed by atoms with E-state index in [4.69, 9.17) is 9.15 Å². The summed E-state index contributed by atoms with van der Waals surface area (Å²) in [5.41, 5.74) is 1.39. The third kappa shape index (κ3) is 3.61. The fraction of sp³-hybridized carbons (Fsp3) is 0.0833. The third-order valence-corrected chi connectivity index (χ3v) is 6.06. The van der Waals surface area contributed by atoms with Crippen LogP contribution in [-0.2, 0) is 6.54 Å². The maximum Gasteiger partial charge on any atom is 0.267 e. The number of rotatable bonds is 5. The largest absolute Gasteiger partial charge is 0.497 e. The molecule has 3 heterocycles. The lowest BCUT2D eigenvalue weighted by atomic mass is 10.1. The molecule has 2 aromatic carbocycles. The van der Waals surface area contributed by atoms with Gasteiger partial charge in [-0.25, -0.2) is 4.98 Å². The topological polar surface area (TPSA) is 85.5 Å². The molecule has 0 aliphatic heterocycles. The Morgan fingerprint density at radius 3 is 2.78 bits per heavy atom. The number of amides is 1. The number of hydrogen-bond donors (Lipinski definition) is 0. The number of nitrogens with zero attached hydrogens (tertiary/aromatic N) is 3. The first-order valence-electron chi connectivity index (χ1n) is 9.81. The summed E-state index contributed by atoms with van der Waals surface area (Å²) in [6, 6.07) is 17.8. The fourth-order valence-corrected chi connectivity index (χ4v) is 4.38. The Labute approximate surface area is 186 Å². The van der Waals surface area contributed by atoms with Crippen molar-refractivity contribution in [2.24, 2.45) is 0 Å². The number of fused-ring (bicyclic) bond motifs is 2. The van der Waals surface area contributed by atoms with Crippen LogP contribution in [0, 0.1) is 0 Å². The second-order valence-electron chi connectivity index (χ2n) is 7.02. The van der Waals surface area contributed by atoms with Crippen LogP contribution in [0.4, 0.5) is 5.13 Å². The molecule has 0 aliphatic rings. The summed E-state index contributed by atoms with van der Waals surface area (Å²) < 4.78 is 11.7. The highest BCUT2D eigenvalue weighted by Crippen LogP contribution is 2.32. The van der Waals surface area contributed by atoms with Crippen molar-refractivity contribution in [2.45, 2.75) is 6.54 Å². The first-order valence-corrected chi connectivity index (χ1v) is 10.6. The molecule has 0 bridgehead atoms. The Hall–Kier alpha value is -4.04. The molecular formula is C24H17N3O4S. The van der Waals surface area contributed by atoms with E-state index in [1.54, 1.807) is 43.6 Å². The van der Waals surface area contributed by atoms with E-state index in [1.807, 2.05) is 30.3 Å². The van der Waals surface area contributed by atoms with Crippen molar-refractivity contribution in [1.29, 1.82) is 0 Å². The molecule has 5 aromatic rings. The van der Waals surface area contributed by atoms with Crippen LogP contribution in [0.1, 0.15) is 16.1 Å². The number of benzene rings is 2. The minimum atomic E-state index is -0.499. The van der Waals surface area contributed by atoms with Crippen LogP contribution in [-0.4, -0.2) is 23.0 Å². The molecule has 0 N–H and O–H groups in total. The number of carbonyl (C=O) groups excluding carboxylic acids is 1. The van der Waals surface area contributed by atoms with Crippen molar-refractivity contribution in [3.63, 3.8) is 0 Å². The lowest BCUT2D eigenvalue weighted by molar-refractivity contribution is 0.0982. The highest BCUT2D eigenvalue weighted by Gasteiger charge is 2.25. The van der Waals surface area contributed by atoms with E-state index in [0.29, 0.717) is 27.5 Å². The predicted octanol–water partition coefficient (Wildman–Crippen LogP) is 4.65. The SMILES string of the molecule is COc1ccc2nc(N(Cc3ccccn3)C(=O)c3coc4ccccc4c3=O)sc2c1. The van der Waals surface area contributed by atoms with Gasteiger partial charge in [-0.3, -0.25) is 19.5 Å². The minimum Gasteiger partial charge on any atom is -0.497 e. The van der Waals surface area contributed by atoms with Gasteiger partial charge in [0.05, 0.1) is 35.0 Å². The molecule has 0 fully saturated rings.